The van der Waals surface area contributed by atoms with Crippen molar-refractivity contribution in [2.24, 2.45) is 0 Å². The average Bonchev–Trinajstić information content (AvgIpc) is 3.82. The van der Waals surface area contributed by atoms with Crippen molar-refractivity contribution in [2.45, 2.75) is 98.8 Å². The molecular formula is C51H58ClF3N4O8. The van der Waals surface area contributed by atoms with Gasteiger partial charge in [-0.1, -0.05) is 117 Å². The van der Waals surface area contributed by atoms with E-state index in [1.807, 2.05) is 73.6 Å². The van der Waals surface area contributed by atoms with Gasteiger partial charge in [-0.15, -0.1) is 10.2 Å². The van der Waals surface area contributed by atoms with Crippen LogP contribution in [0.5, 0.6) is 0 Å². The van der Waals surface area contributed by atoms with Crippen molar-refractivity contribution in [3.63, 3.8) is 0 Å². The fraction of sp³-hybridized carbons (Fsp3) is 0.314. The third kappa shape index (κ3) is 17.8. The number of hydrogen-bond acceptors (Lipinski definition) is 8. The quantitative estimate of drug-likeness (QED) is 0.0955. The number of nitrogens with one attached hydrogen (secondary N) is 1. The zero-order valence-electron chi connectivity index (χ0n) is 39.4. The Balaban J connectivity index is 0.000000288. The van der Waals surface area contributed by atoms with Gasteiger partial charge in [0.05, 0.1) is 39.9 Å². The summed E-state index contributed by atoms with van der Waals surface area (Å²) < 4.78 is 43.8. The third-order valence-electron chi connectivity index (χ3n) is 9.89. The molecule has 5 aromatic carbocycles. The van der Waals surface area contributed by atoms with Crippen LogP contribution < -0.4 is 0 Å². The maximum absolute atomic E-state index is 13.5. The molecule has 0 unspecified atom stereocenters. The second-order valence-corrected chi connectivity index (χ2v) is 16.9. The van der Waals surface area contributed by atoms with Gasteiger partial charge in [0.2, 0.25) is 5.82 Å². The van der Waals surface area contributed by atoms with Crippen LogP contribution in [0.15, 0.2) is 97.1 Å². The molecule has 0 aliphatic carbocycles. The van der Waals surface area contributed by atoms with E-state index in [1.165, 1.54) is 43.0 Å². The first-order valence-corrected chi connectivity index (χ1v) is 21.6. The predicted octanol–water partition coefficient (Wildman–Crippen LogP) is 13.2. The molecule has 1 heterocycles. The highest BCUT2D eigenvalue weighted by Gasteiger charge is 2.16. The number of rotatable bonds is 10. The highest BCUT2D eigenvalue weighted by Crippen LogP contribution is 2.25. The minimum absolute atomic E-state index is 0.00120. The fourth-order valence-electron chi connectivity index (χ4n) is 5.81. The van der Waals surface area contributed by atoms with Gasteiger partial charge in [-0.05, 0) is 123 Å². The van der Waals surface area contributed by atoms with Gasteiger partial charge >= 0.3 is 23.9 Å². The van der Waals surface area contributed by atoms with Crippen molar-refractivity contribution in [1.29, 1.82) is 0 Å². The maximum Gasteiger partial charge on any atom is 0.340 e. The Hall–Kier alpha value is -6.87. The number of H-pyrrole nitrogens is 1. The van der Waals surface area contributed by atoms with E-state index in [2.05, 4.69) is 39.2 Å². The molecule has 0 aliphatic heterocycles. The van der Waals surface area contributed by atoms with Crippen LogP contribution in [-0.4, -0.2) is 66.9 Å². The molecule has 0 atom stereocenters. The summed E-state index contributed by atoms with van der Waals surface area (Å²) in [5.41, 5.74) is 5.75. The second kappa shape index (κ2) is 26.9. The van der Waals surface area contributed by atoms with E-state index >= 15 is 0 Å². The van der Waals surface area contributed by atoms with Gasteiger partial charge in [0.25, 0.3) is 0 Å². The summed E-state index contributed by atoms with van der Waals surface area (Å²) in [6.45, 7) is 20.0. The molecule has 0 bridgehead atoms. The first-order chi connectivity index (χ1) is 31.4. The molecule has 0 amide bonds. The number of nitrogens with zero attached hydrogens (tertiary/aromatic N) is 3. The number of esters is 1. The summed E-state index contributed by atoms with van der Waals surface area (Å²) in [6, 6.07) is 25.4. The minimum Gasteiger partial charge on any atom is -0.478 e. The molecular weight excluding hydrogens is 889 g/mol. The number of methoxy groups -OCH3 is 1. The van der Waals surface area contributed by atoms with E-state index in [0.717, 1.165) is 22.8 Å². The standard InChI is InChI=1S/C11H13FO2.C10H11ClO2.C10H11FN4.C10H11FO2.C10H12O2/c1-7(2)8-4-5-10(12)9(6-8)11(13)14-3;1-6(2)7-3-4-9(11)8(5-7)10(12)13;1-6(2)7-3-4-9(11)8(5-7)10-12-14-15-13-10;1-6(2)8-4-3-7(11)5-9(8)10(12)13;1-7(2)8-3-5-9(6-4-8)10(11)12/h4-7H,1-3H3;3-6H,1-2H3,(H,12,13);3-6H,1-2H3,(H,12,13,14,15);3-6H,1-2H3,(H,12,13);3-7H,1-2H3,(H,11,12). The number of tetrazole rings is 1. The molecule has 67 heavy (non-hydrogen) atoms. The van der Waals surface area contributed by atoms with Gasteiger partial charge in [-0.2, -0.15) is 5.21 Å². The number of ether oxygens (including phenoxy) is 1. The molecule has 6 rings (SSSR count). The Kier molecular flexibility index (Phi) is 22.6. The molecule has 0 saturated carbocycles. The second-order valence-electron chi connectivity index (χ2n) is 16.5. The molecule has 1 aromatic heterocycles. The molecule has 0 radical (unpaired) electrons. The largest absolute Gasteiger partial charge is 0.478 e. The number of halogens is 4. The third-order valence-corrected chi connectivity index (χ3v) is 10.2. The van der Waals surface area contributed by atoms with Crippen molar-refractivity contribution in [3.8, 4) is 11.4 Å². The lowest BCUT2D eigenvalue weighted by molar-refractivity contribution is 0.0593. The molecule has 12 nitrogen and oxygen atoms in total. The van der Waals surface area contributed by atoms with Crippen molar-refractivity contribution in [2.75, 3.05) is 7.11 Å². The average molecular weight is 947 g/mol. The van der Waals surface area contributed by atoms with Crippen molar-refractivity contribution in [3.05, 3.63) is 170 Å². The Morgan fingerprint density at radius 1 is 0.552 bits per heavy atom. The van der Waals surface area contributed by atoms with E-state index in [9.17, 15) is 32.3 Å². The number of aromatic nitrogens is 4. The minimum atomic E-state index is -1.08. The van der Waals surface area contributed by atoms with Crippen LogP contribution in [0.4, 0.5) is 13.2 Å². The van der Waals surface area contributed by atoms with Gasteiger partial charge in [0.1, 0.15) is 17.5 Å². The van der Waals surface area contributed by atoms with E-state index < -0.39 is 35.5 Å². The summed E-state index contributed by atoms with van der Waals surface area (Å²) in [7, 11) is 1.24. The van der Waals surface area contributed by atoms with E-state index in [0.29, 0.717) is 34.4 Å². The first-order valence-electron chi connectivity index (χ1n) is 21.2. The van der Waals surface area contributed by atoms with Crippen LogP contribution in [0.1, 0.15) is 168 Å². The predicted molar refractivity (Wildman–Crippen MR) is 253 cm³/mol. The van der Waals surface area contributed by atoms with Crippen molar-refractivity contribution in [1.82, 2.24) is 20.6 Å². The van der Waals surface area contributed by atoms with Gasteiger partial charge in [0, 0.05) is 0 Å². The summed E-state index contributed by atoms with van der Waals surface area (Å²) in [5, 5.41) is 39.7. The first kappa shape index (κ1) is 56.3. The Labute approximate surface area is 394 Å². The zero-order chi connectivity index (χ0) is 50.7. The molecule has 358 valence electrons. The molecule has 0 spiro atoms. The molecule has 16 heteroatoms. The number of carbonyl (C=O) groups excluding carboxylic acids is 1. The SMILES string of the molecule is CC(C)c1ccc(C(=O)O)cc1.CC(C)c1ccc(Cl)c(C(=O)O)c1.CC(C)c1ccc(F)c(-c2nn[nH]n2)c1.CC(C)c1ccc(F)cc1C(=O)O.COC(=O)c1cc(C(C)C)ccc1F. The Morgan fingerprint density at radius 2 is 1.03 bits per heavy atom. The number of benzene rings is 5. The Morgan fingerprint density at radius 3 is 1.48 bits per heavy atom. The molecule has 0 fully saturated rings. The summed E-state index contributed by atoms with van der Waals surface area (Å²) in [5.74, 6) is -3.20. The lowest BCUT2D eigenvalue weighted by atomic mass is 9.97. The monoisotopic (exact) mass is 946 g/mol. The number of carboxylic acid groups (broad SMARTS) is 3. The normalized spacial score (nSPS) is 10.5. The number of carbonyl (C=O) groups is 4. The van der Waals surface area contributed by atoms with Crippen LogP contribution in [0, 0.1) is 17.5 Å². The van der Waals surface area contributed by atoms with E-state index in [4.69, 9.17) is 26.9 Å². The van der Waals surface area contributed by atoms with Crippen LogP contribution in [-0.2, 0) is 4.74 Å². The summed E-state index contributed by atoms with van der Waals surface area (Å²) in [6.07, 6.45) is 0. The summed E-state index contributed by atoms with van der Waals surface area (Å²) >= 11 is 5.72. The van der Waals surface area contributed by atoms with Gasteiger partial charge < -0.3 is 20.1 Å². The number of carboxylic acids is 3. The van der Waals surface area contributed by atoms with Gasteiger partial charge in [0.15, 0.2) is 0 Å². The molecule has 0 saturated heterocycles. The number of aromatic amines is 1. The zero-order valence-corrected chi connectivity index (χ0v) is 40.1. The molecule has 6 aromatic rings. The number of aromatic carboxylic acids is 3. The van der Waals surface area contributed by atoms with Crippen LogP contribution >= 0.6 is 11.6 Å². The van der Waals surface area contributed by atoms with E-state index in [1.54, 1.807) is 42.5 Å². The maximum atomic E-state index is 13.5. The van der Waals surface area contributed by atoms with Crippen LogP contribution in [0.2, 0.25) is 5.02 Å². The smallest absolute Gasteiger partial charge is 0.340 e. The summed E-state index contributed by atoms with van der Waals surface area (Å²) in [4.78, 5) is 43.1. The topological polar surface area (TPSA) is 193 Å². The van der Waals surface area contributed by atoms with E-state index in [-0.39, 0.29) is 45.2 Å². The highest BCUT2D eigenvalue weighted by molar-refractivity contribution is 6.33. The van der Waals surface area contributed by atoms with Crippen LogP contribution in [0.25, 0.3) is 11.4 Å². The Bertz CT molecular complexity index is 2570. The molecule has 0 aliphatic rings. The van der Waals surface area contributed by atoms with Crippen molar-refractivity contribution < 1.29 is 52.4 Å². The van der Waals surface area contributed by atoms with Crippen molar-refractivity contribution >= 4 is 35.5 Å². The van der Waals surface area contributed by atoms with Crippen LogP contribution in [0.3, 0.4) is 0 Å². The fourth-order valence-corrected chi connectivity index (χ4v) is 6.01. The highest BCUT2D eigenvalue weighted by atomic mass is 35.5. The number of hydrogen-bond donors (Lipinski definition) is 4. The lowest BCUT2D eigenvalue weighted by Crippen LogP contribution is -2.05. The lowest BCUT2D eigenvalue weighted by Gasteiger charge is -2.08. The molecule has 4 N–H and O–H groups in total. The van der Waals surface area contributed by atoms with Gasteiger partial charge in [-0.25, -0.2) is 32.3 Å². The van der Waals surface area contributed by atoms with Gasteiger partial charge in [-0.3, -0.25) is 0 Å².